The van der Waals surface area contributed by atoms with Crippen molar-refractivity contribution < 1.29 is 4.74 Å². The lowest BCUT2D eigenvalue weighted by molar-refractivity contribution is 0.0798. The van der Waals surface area contributed by atoms with Gasteiger partial charge in [0, 0.05) is 12.1 Å². The zero-order chi connectivity index (χ0) is 10.2. The molecule has 0 amide bonds. The fourth-order valence-corrected chi connectivity index (χ4v) is 1.06. The molecule has 0 radical (unpaired) electrons. The van der Waals surface area contributed by atoms with E-state index >= 15 is 0 Å². The van der Waals surface area contributed by atoms with E-state index in [0.29, 0.717) is 6.61 Å². The molecule has 0 spiro atoms. The molecule has 0 atom stereocenters. The monoisotopic (exact) mass is 185 g/mol. The molecule has 0 rings (SSSR count). The number of hydrogen-bond acceptors (Lipinski definition) is 2. The summed E-state index contributed by atoms with van der Waals surface area (Å²) >= 11 is 0. The minimum absolute atomic E-state index is 0.117. The maximum atomic E-state index is 6.07. The first-order valence-corrected chi connectivity index (χ1v) is 5.16. The molecule has 78 valence electrons. The van der Waals surface area contributed by atoms with Gasteiger partial charge in [0.1, 0.15) is 0 Å². The molecule has 13 heavy (non-hydrogen) atoms. The van der Waals surface area contributed by atoms with E-state index in [1.54, 1.807) is 0 Å². The molecule has 0 aliphatic carbocycles. The molecule has 0 fully saturated rings. The van der Waals surface area contributed by atoms with Crippen LogP contribution in [-0.4, -0.2) is 18.8 Å². The second kappa shape index (κ2) is 7.10. The average molecular weight is 185 g/mol. The predicted molar refractivity (Wildman–Crippen MR) is 57.8 cm³/mol. The third kappa shape index (κ3) is 5.83. The second-order valence-electron chi connectivity index (χ2n) is 3.55. The fourth-order valence-electron chi connectivity index (χ4n) is 1.06. The summed E-state index contributed by atoms with van der Waals surface area (Å²) in [6, 6.07) is 0. The van der Waals surface area contributed by atoms with E-state index in [0.717, 1.165) is 32.3 Å². The van der Waals surface area contributed by atoms with E-state index in [1.807, 2.05) is 6.08 Å². The van der Waals surface area contributed by atoms with Gasteiger partial charge in [-0.15, -0.1) is 6.58 Å². The zero-order valence-electron chi connectivity index (χ0n) is 9.01. The van der Waals surface area contributed by atoms with E-state index < -0.39 is 0 Å². The zero-order valence-corrected chi connectivity index (χ0v) is 9.01. The number of unbranched alkanes of at least 4 members (excludes halogenated alkanes) is 1. The van der Waals surface area contributed by atoms with E-state index in [1.165, 1.54) is 0 Å². The highest BCUT2D eigenvalue weighted by Gasteiger charge is 2.19. The van der Waals surface area contributed by atoms with Gasteiger partial charge >= 0.3 is 0 Å². The lowest BCUT2D eigenvalue weighted by Crippen LogP contribution is -2.43. The fraction of sp³-hybridized carbons (Fsp3) is 0.818. The van der Waals surface area contributed by atoms with Crippen molar-refractivity contribution in [1.82, 2.24) is 0 Å². The van der Waals surface area contributed by atoms with E-state index in [9.17, 15) is 0 Å². The molecule has 0 saturated carbocycles. The molecule has 2 heteroatoms. The molecule has 0 unspecified atom stereocenters. The van der Waals surface area contributed by atoms with Gasteiger partial charge < -0.3 is 10.5 Å². The molecular weight excluding hydrogens is 162 g/mol. The van der Waals surface area contributed by atoms with Crippen LogP contribution in [0.5, 0.6) is 0 Å². The van der Waals surface area contributed by atoms with Crippen LogP contribution in [0.25, 0.3) is 0 Å². The van der Waals surface area contributed by atoms with Gasteiger partial charge in [-0.2, -0.15) is 0 Å². The molecule has 2 N–H and O–H groups in total. The van der Waals surface area contributed by atoms with Gasteiger partial charge in [0.2, 0.25) is 0 Å². The van der Waals surface area contributed by atoms with Crippen LogP contribution in [-0.2, 0) is 4.74 Å². The first kappa shape index (κ1) is 12.7. The van der Waals surface area contributed by atoms with Gasteiger partial charge in [0.15, 0.2) is 0 Å². The Bertz CT molecular complexity index is 130. The summed E-state index contributed by atoms with van der Waals surface area (Å²) in [4.78, 5) is 0. The van der Waals surface area contributed by atoms with Crippen molar-refractivity contribution in [2.75, 3.05) is 13.2 Å². The maximum absolute atomic E-state index is 6.07. The summed E-state index contributed by atoms with van der Waals surface area (Å²) in [5.41, 5.74) is 5.95. The van der Waals surface area contributed by atoms with Gasteiger partial charge in [0.05, 0.1) is 6.61 Å². The average Bonchev–Trinajstić information content (AvgIpc) is 2.17. The topological polar surface area (TPSA) is 35.2 Å². The van der Waals surface area contributed by atoms with Crippen LogP contribution >= 0.6 is 0 Å². The lowest BCUT2D eigenvalue weighted by Gasteiger charge is -2.26. The summed E-state index contributed by atoms with van der Waals surface area (Å²) in [5.74, 6) is 0. The molecule has 0 aliphatic heterocycles. The number of nitrogens with two attached hydrogens (primary N) is 1. The Balaban J connectivity index is 3.44. The van der Waals surface area contributed by atoms with Crippen LogP contribution < -0.4 is 5.73 Å². The maximum Gasteiger partial charge on any atom is 0.0645 e. The highest BCUT2D eigenvalue weighted by atomic mass is 16.5. The normalized spacial score (nSPS) is 11.6. The Labute approximate surface area is 82.2 Å². The van der Waals surface area contributed by atoms with Crippen LogP contribution in [0.15, 0.2) is 12.7 Å². The third-order valence-electron chi connectivity index (χ3n) is 2.49. The quantitative estimate of drug-likeness (QED) is 0.466. The molecule has 0 aromatic rings. The van der Waals surface area contributed by atoms with Crippen molar-refractivity contribution in [2.24, 2.45) is 5.73 Å². The largest absolute Gasteiger partial charge is 0.380 e. The third-order valence-corrected chi connectivity index (χ3v) is 2.49. The Hall–Kier alpha value is -0.340. The van der Waals surface area contributed by atoms with Crippen molar-refractivity contribution in [3.63, 3.8) is 0 Å². The molecule has 0 aromatic heterocycles. The standard InChI is InChI=1S/C11H23NO/c1-4-7-8-9-13-10-11(12,5-2)6-3/h4H,1,5-10,12H2,2-3H3. The van der Waals surface area contributed by atoms with E-state index in [-0.39, 0.29) is 5.54 Å². The first-order chi connectivity index (χ1) is 6.18. The number of allylic oxidation sites excluding steroid dienone is 1. The summed E-state index contributed by atoms with van der Waals surface area (Å²) in [6.07, 6.45) is 5.94. The molecule has 0 bridgehead atoms. The molecular formula is C11H23NO. The number of rotatable bonds is 8. The van der Waals surface area contributed by atoms with Crippen molar-refractivity contribution in [3.8, 4) is 0 Å². The second-order valence-corrected chi connectivity index (χ2v) is 3.55. The summed E-state index contributed by atoms with van der Waals surface area (Å²) in [5, 5.41) is 0. The summed E-state index contributed by atoms with van der Waals surface area (Å²) in [7, 11) is 0. The van der Waals surface area contributed by atoms with Gasteiger partial charge in [-0.1, -0.05) is 19.9 Å². The summed E-state index contributed by atoms with van der Waals surface area (Å²) in [6.45, 7) is 9.35. The van der Waals surface area contributed by atoms with E-state index in [2.05, 4.69) is 20.4 Å². The van der Waals surface area contributed by atoms with Crippen LogP contribution in [0.4, 0.5) is 0 Å². The molecule has 0 aromatic carbocycles. The lowest BCUT2D eigenvalue weighted by atomic mass is 9.96. The van der Waals surface area contributed by atoms with E-state index in [4.69, 9.17) is 10.5 Å². The Morgan fingerprint density at radius 1 is 1.38 bits per heavy atom. The smallest absolute Gasteiger partial charge is 0.0645 e. The van der Waals surface area contributed by atoms with Crippen LogP contribution in [0.2, 0.25) is 0 Å². The van der Waals surface area contributed by atoms with Crippen molar-refractivity contribution >= 4 is 0 Å². The van der Waals surface area contributed by atoms with Crippen molar-refractivity contribution in [3.05, 3.63) is 12.7 Å². The van der Waals surface area contributed by atoms with Gasteiger partial charge in [0.25, 0.3) is 0 Å². The van der Waals surface area contributed by atoms with Crippen LogP contribution in [0.1, 0.15) is 39.5 Å². The van der Waals surface area contributed by atoms with Crippen LogP contribution in [0, 0.1) is 0 Å². The summed E-state index contributed by atoms with van der Waals surface area (Å²) < 4.78 is 5.51. The predicted octanol–water partition coefficient (Wildman–Crippen LogP) is 2.49. The highest BCUT2D eigenvalue weighted by molar-refractivity contribution is 4.80. The molecule has 2 nitrogen and oxygen atoms in total. The Morgan fingerprint density at radius 3 is 2.46 bits per heavy atom. The number of ether oxygens (including phenoxy) is 1. The van der Waals surface area contributed by atoms with Crippen molar-refractivity contribution in [1.29, 1.82) is 0 Å². The molecule has 0 saturated heterocycles. The van der Waals surface area contributed by atoms with Gasteiger partial charge in [-0.25, -0.2) is 0 Å². The van der Waals surface area contributed by atoms with Crippen molar-refractivity contribution in [2.45, 2.75) is 45.1 Å². The molecule has 0 heterocycles. The van der Waals surface area contributed by atoms with Crippen LogP contribution in [0.3, 0.4) is 0 Å². The minimum Gasteiger partial charge on any atom is -0.380 e. The van der Waals surface area contributed by atoms with Gasteiger partial charge in [-0.3, -0.25) is 0 Å². The molecule has 0 aliphatic rings. The Morgan fingerprint density at radius 2 is 2.00 bits per heavy atom. The van der Waals surface area contributed by atoms with Gasteiger partial charge in [-0.05, 0) is 25.7 Å². The highest BCUT2D eigenvalue weighted by Crippen LogP contribution is 2.11. The number of hydrogen-bond donors (Lipinski definition) is 1. The minimum atomic E-state index is -0.117. The SMILES string of the molecule is C=CCCCOCC(N)(CC)CC. The Kier molecular flexibility index (Phi) is 6.92. The first-order valence-electron chi connectivity index (χ1n) is 5.16.